The molecule has 0 aliphatic heterocycles. The van der Waals surface area contributed by atoms with Gasteiger partial charge in [-0.1, -0.05) is 11.6 Å². The zero-order valence-electron chi connectivity index (χ0n) is 9.66. The van der Waals surface area contributed by atoms with E-state index in [9.17, 15) is 5.11 Å². The molecule has 2 rings (SSSR count). The van der Waals surface area contributed by atoms with Crippen LogP contribution in [0.5, 0.6) is 5.75 Å². The van der Waals surface area contributed by atoms with Gasteiger partial charge in [0.05, 0.1) is 6.10 Å². The third-order valence-electron chi connectivity index (χ3n) is 3.12. The maximum Gasteiger partial charge on any atom is 0.124 e. The fourth-order valence-electron chi connectivity index (χ4n) is 2.19. The molecule has 1 saturated carbocycles. The maximum absolute atomic E-state index is 9.69. The van der Waals surface area contributed by atoms with Gasteiger partial charge in [-0.25, -0.2) is 0 Å². The van der Waals surface area contributed by atoms with E-state index in [1.54, 1.807) is 0 Å². The molecule has 0 amide bonds. The van der Waals surface area contributed by atoms with E-state index in [-0.39, 0.29) is 12.2 Å². The van der Waals surface area contributed by atoms with E-state index in [0.717, 1.165) is 41.2 Å². The van der Waals surface area contributed by atoms with Crippen LogP contribution in [0.2, 0.25) is 5.02 Å². The molecular weight excluding hydrogens is 224 g/mol. The molecular formula is C13H17ClO2. The molecule has 2 nitrogen and oxygen atoms in total. The van der Waals surface area contributed by atoms with Gasteiger partial charge in [-0.15, -0.1) is 0 Å². The van der Waals surface area contributed by atoms with Crippen molar-refractivity contribution >= 4 is 11.6 Å². The summed E-state index contributed by atoms with van der Waals surface area (Å²) >= 11 is 6.09. The van der Waals surface area contributed by atoms with Crippen LogP contribution in [0.15, 0.2) is 12.1 Å². The van der Waals surface area contributed by atoms with Crippen molar-refractivity contribution in [3.8, 4) is 5.75 Å². The average molecular weight is 241 g/mol. The second-order valence-corrected chi connectivity index (χ2v) is 4.90. The van der Waals surface area contributed by atoms with E-state index >= 15 is 0 Å². The normalized spacial score (nSPS) is 24.8. The van der Waals surface area contributed by atoms with Crippen molar-refractivity contribution in [2.45, 2.75) is 45.3 Å². The molecule has 1 aromatic carbocycles. The Balaban J connectivity index is 2.15. The fraction of sp³-hybridized carbons (Fsp3) is 0.538. The third kappa shape index (κ3) is 2.33. The van der Waals surface area contributed by atoms with Gasteiger partial charge in [-0.3, -0.25) is 0 Å². The molecule has 1 aromatic rings. The van der Waals surface area contributed by atoms with E-state index in [0.29, 0.717) is 0 Å². The van der Waals surface area contributed by atoms with E-state index in [1.807, 2.05) is 26.0 Å². The largest absolute Gasteiger partial charge is 0.488 e. The molecule has 0 heterocycles. The smallest absolute Gasteiger partial charge is 0.124 e. The summed E-state index contributed by atoms with van der Waals surface area (Å²) in [6.45, 7) is 3.93. The number of aliphatic hydroxyl groups is 1. The summed E-state index contributed by atoms with van der Waals surface area (Å²) in [5, 5.41) is 10.5. The molecule has 0 saturated heterocycles. The summed E-state index contributed by atoms with van der Waals surface area (Å²) in [5.41, 5.74) is 2.04. The second kappa shape index (κ2) is 4.64. The number of rotatable bonds is 2. The topological polar surface area (TPSA) is 29.5 Å². The predicted molar refractivity (Wildman–Crippen MR) is 65.2 cm³/mol. The van der Waals surface area contributed by atoms with Crippen LogP contribution in [-0.2, 0) is 0 Å². The van der Waals surface area contributed by atoms with E-state index in [1.165, 1.54) is 0 Å². The zero-order valence-corrected chi connectivity index (χ0v) is 10.4. The van der Waals surface area contributed by atoms with E-state index in [2.05, 4.69) is 0 Å². The molecule has 1 N–H and O–H groups in total. The molecule has 1 aliphatic rings. The molecule has 2 unspecified atom stereocenters. The van der Waals surface area contributed by atoms with Crippen molar-refractivity contribution in [3.63, 3.8) is 0 Å². The fourth-order valence-corrected chi connectivity index (χ4v) is 2.30. The van der Waals surface area contributed by atoms with Crippen molar-refractivity contribution in [1.29, 1.82) is 0 Å². The third-order valence-corrected chi connectivity index (χ3v) is 3.71. The van der Waals surface area contributed by atoms with Crippen molar-refractivity contribution in [1.82, 2.24) is 0 Å². The number of hydrogen-bond donors (Lipinski definition) is 1. The molecule has 0 spiro atoms. The Hall–Kier alpha value is -0.730. The maximum atomic E-state index is 9.69. The lowest BCUT2D eigenvalue weighted by Crippen LogP contribution is -2.25. The molecule has 2 atom stereocenters. The van der Waals surface area contributed by atoms with Crippen LogP contribution in [0.25, 0.3) is 0 Å². The number of ether oxygens (including phenoxy) is 1. The molecule has 88 valence electrons. The van der Waals surface area contributed by atoms with Crippen LogP contribution in [0.1, 0.15) is 30.4 Å². The van der Waals surface area contributed by atoms with Gasteiger partial charge in [0.15, 0.2) is 0 Å². The number of aryl methyl sites for hydroxylation is 2. The molecule has 1 fully saturated rings. The Morgan fingerprint density at radius 2 is 1.88 bits per heavy atom. The predicted octanol–water partition coefficient (Wildman–Crippen LogP) is 3.25. The van der Waals surface area contributed by atoms with Gasteiger partial charge in [0.2, 0.25) is 0 Å². The lowest BCUT2D eigenvalue weighted by molar-refractivity contribution is 0.0603. The molecule has 3 heteroatoms. The van der Waals surface area contributed by atoms with Gasteiger partial charge in [-0.2, -0.15) is 0 Å². The first-order valence-corrected chi connectivity index (χ1v) is 6.07. The highest BCUT2D eigenvalue weighted by Gasteiger charge is 2.27. The summed E-state index contributed by atoms with van der Waals surface area (Å²) in [4.78, 5) is 0. The van der Waals surface area contributed by atoms with Crippen LogP contribution >= 0.6 is 11.6 Å². The highest BCUT2D eigenvalue weighted by Crippen LogP contribution is 2.29. The molecule has 0 aromatic heterocycles. The minimum absolute atomic E-state index is 0.0556. The highest BCUT2D eigenvalue weighted by atomic mass is 35.5. The molecule has 0 bridgehead atoms. The van der Waals surface area contributed by atoms with Gasteiger partial charge in [0, 0.05) is 5.02 Å². The summed E-state index contributed by atoms with van der Waals surface area (Å²) in [5.74, 6) is 0.811. The van der Waals surface area contributed by atoms with Gasteiger partial charge in [0.25, 0.3) is 0 Å². The summed E-state index contributed by atoms with van der Waals surface area (Å²) in [7, 11) is 0. The second-order valence-electron chi connectivity index (χ2n) is 4.53. The van der Waals surface area contributed by atoms with Gasteiger partial charge < -0.3 is 9.84 Å². The lowest BCUT2D eigenvalue weighted by atomic mass is 10.1. The van der Waals surface area contributed by atoms with Crippen molar-refractivity contribution in [2.75, 3.05) is 0 Å². The number of hydrogen-bond acceptors (Lipinski definition) is 2. The monoisotopic (exact) mass is 240 g/mol. The van der Waals surface area contributed by atoms with E-state index in [4.69, 9.17) is 16.3 Å². The first-order chi connectivity index (χ1) is 7.58. The SMILES string of the molecule is Cc1cc(OC2CCCC2O)cc(C)c1Cl. The van der Waals surface area contributed by atoms with Gasteiger partial charge >= 0.3 is 0 Å². The first kappa shape index (κ1) is 11.7. The van der Waals surface area contributed by atoms with Crippen molar-refractivity contribution in [3.05, 3.63) is 28.3 Å². The molecule has 1 aliphatic carbocycles. The number of benzene rings is 1. The minimum Gasteiger partial charge on any atom is -0.488 e. The van der Waals surface area contributed by atoms with E-state index < -0.39 is 0 Å². The van der Waals surface area contributed by atoms with Crippen molar-refractivity contribution in [2.24, 2.45) is 0 Å². The van der Waals surface area contributed by atoms with Crippen LogP contribution in [0.3, 0.4) is 0 Å². The number of aliphatic hydroxyl groups excluding tert-OH is 1. The summed E-state index contributed by atoms with van der Waals surface area (Å²) < 4.78 is 5.80. The highest BCUT2D eigenvalue weighted by molar-refractivity contribution is 6.32. The van der Waals surface area contributed by atoms with Gasteiger partial charge in [0.1, 0.15) is 11.9 Å². The lowest BCUT2D eigenvalue weighted by Gasteiger charge is -2.18. The Morgan fingerprint density at radius 1 is 1.25 bits per heavy atom. The first-order valence-electron chi connectivity index (χ1n) is 5.69. The van der Waals surface area contributed by atoms with Crippen LogP contribution in [0, 0.1) is 13.8 Å². The number of halogens is 1. The molecule has 16 heavy (non-hydrogen) atoms. The average Bonchev–Trinajstić information content (AvgIpc) is 2.61. The van der Waals surface area contributed by atoms with Crippen LogP contribution in [0.4, 0.5) is 0 Å². The van der Waals surface area contributed by atoms with Crippen LogP contribution in [-0.4, -0.2) is 17.3 Å². The van der Waals surface area contributed by atoms with Crippen molar-refractivity contribution < 1.29 is 9.84 Å². The minimum atomic E-state index is -0.323. The summed E-state index contributed by atoms with van der Waals surface area (Å²) in [6, 6.07) is 3.86. The zero-order chi connectivity index (χ0) is 11.7. The Bertz CT molecular complexity index is 367. The van der Waals surface area contributed by atoms with Gasteiger partial charge in [-0.05, 0) is 56.4 Å². The van der Waals surface area contributed by atoms with Crippen LogP contribution < -0.4 is 4.74 Å². The Morgan fingerprint density at radius 3 is 2.38 bits per heavy atom. The molecule has 0 radical (unpaired) electrons. The Kier molecular flexibility index (Phi) is 3.41. The quantitative estimate of drug-likeness (QED) is 0.860. The standard InChI is InChI=1S/C13H17ClO2/c1-8-6-10(7-9(2)13(8)14)16-12-5-3-4-11(12)15/h6-7,11-12,15H,3-5H2,1-2H3. The summed E-state index contributed by atoms with van der Waals surface area (Å²) in [6.07, 6.45) is 2.44. The Labute approximate surface area is 101 Å².